The molecule has 0 aromatic carbocycles. The summed E-state index contributed by atoms with van der Waals surface area (Å²) in [5, 5.41) is 3.47. The number of fused-ring (bicyclic) bond motifs is 1. The van der Waals surface area contributed by atoms with Crippen LogP contribution in [0.4, 0.5) is 17.6 Å². The van der Waals surface area contributed by atoms with Gasteiger partial charge in [0.15, 0.2) is 11.6 Å². The molecule has 192 valence electrons. The van der Waals surface area contributed by atoms with Gasteiger partial charge in [-0.25, -0.2) is 24.9 Å². The van der Waals surface area contributed by atoms with Crippen molar-refractivity contribution in [1.29, 1.82) is 0 Å². The largest absolute Gasteiger partial charge is 0.379 e. The third-order valence-electron chi connectivity index (χ3n) is 6.48. The molecule has 2 saturated heterocycles. The molecule has 0 spiro atoms. The van der Waals surface area contributed by atoms with Crippen LogP contribution in [0, 0.1) is 0 Å². The fraction of sp³-hybridized carbons (Fsp3) is 0.400. The summed E-state index contributed by atoms with van der Waals surface area (Å²) >= 11 is 1.70. The van der Waals surface area contributed by atoms with Crippen LogP contribution in [0.1, 0.15) is 0 Å². The van der Waals surface area contributed by atoms with E-state index >= 15 is 0 Å². The normalized spacial score (nSPS) is 16.8. The molecule has 0 aliphatic carbocycles. The van der Waals surface area contributed by atoms with Crippen LogP contribution in [0.15, 0.2) is 36.8 Å². The van der Waals surface area contributed by atoms with Gasteiger partial charge in [0.1, 0.15) is 5.82 Å². The molecule has 6 rings (SSSR count). The molecule has 4 aromatic heterocycles. The van der Waals surface area contributed by atoms with Gasteiger partial charge >= 0.3 is 0 Å². The van der Waals surface area contributed by atoms with E-state index in [9.17, 15) is 0 Å². The summed E-state index contributed by atoms with van der Waals surface area (Å²) in [7, 11) is 0. The van der Waals surface area contributed by atoms with Gasteiger partial charge in [0.05, 0.1) is 42.2 Å². The number of nitrogens with one attached hydrogen (secondary N) is 1. The van der Waals surface area contributed by atoms with Crippen LogP contribution >= 0.6 is 11.3 Å². The highest BCUT2D eigenvalue weighted by atomic mass is 32.1. The predicted molar refractivity (Wildman–Crippen MR) is 145 cm³/mol. The van der Waals surface area contributed by atoms with Gasteiger partial charge in [-0.1, -0.05) is 0 Å². The minimum Gasteiger partial charge on any atom is -0.379 e. The summed E-state index contributed by atoms with van der Waals surface area (Å²) in [4.78, 5) is 28.4. The van der Waals surface area contributed by atoms with Gasteiger partial charge in [-0.2, -0.15) is 0 Å². The topological polar surface area (TPSA) is 127 Å². The van der Waals surface area contributed by atoms with Crippen LogP contribution in [0.5, 0.6) is 0 Å². The Hall–Kier alpha value is -3.45. The first-order valence-corrected chi connectivity index (χ1v) is 13.3. The summed E-state index contributed by atoms with van der Waals surface area (Å²) < 4.78 is 12.1. The lowest BCUT2D eigenvalue weighted by atomic mass is 10.2. The Morgan fingerprint density at radius 2 is 1.68 bits per heavy atom. The second-order valence-electron chi connectivity index (χ2n) is 8.94. The van der Waals surface area contributed by atoms with Crippen molar-refractivity contribution < 1.29 is 9.47 Å². The lowest BCUT2D eigenvalue weighted by Crippen LogP contribution is -2.39. The van der Waals surface area contributed by atoms with Crippen LogP contribution in [-0.4, -0.2) is 95.5 Å². The second-order valence-corrected chi connectivity index (χ2v) is 9.99. The Kier molecular flexibility index (Phi) is 7.04. The number of rotatable bonds is 7. The Labute approximate surface area is 218 Å². The van der Waals surface area contributed by atoms with Crippen LogP contribution in [0.25, 0.3) is 32.0 Å². The van der Waals surface area contributed by atoms with Crippen LogP contribution in [0.2, 0.25) is 0 Å². The molecule has 3 N–H and O–H groups in total. The third kappa shape index (κ3) is 5.47. The minimum absolute atomic E-state index is 0.225. The number of nitrogens with zero attached hydrogens (tertiary/aromatic N) is 7. The molecule has 0 radical (unpaired) electrons. The third-order valence-corrected chi connectivity index (χ3v) is 7.65. The van der Waals surface area contributed by atoms with Crippen molar-refractivity contribution in [1.82, 2.24) is 29.8 Å². The van der Waals surface area contributed by atoms with E-state index < -0.39 is 0 Å². The Morgan fingerprint density at radius 1 is 0.919 bits per heavy atom. The summed E-state index contributed by atoms with van der Waals surface area (Å²) in [5.41, 5.74) is 8.41. The molecule has 11 nitrogen and oxygen atoms in total. The monoisotopic (exact) mass is 519 g/mol. The highest BCUT2D eigenvalue weighted by molar-refractivity contribution is 7.22. The minimum atomic E-state index is 0.225. The standard InChI is InChI=1S/C25H29N9O2S/c26-25-29-15-18(16-30-25)23-31-19-14-20(37-22(19)24(32-23)34-7-11-36-12-8-34)17-1-2-27-21(13-17)28-3-4-33-5-9-35-10-6-33/h1-2,13-16H,3-12H2,(H,27,28)(H2,26,29,30). The SMILES string of the molecule is Nc1ncc(-c2nc(N3CCOCC3)c3sc(-c4ccnc(NCCN5CCOCC5)c4)cc3n2)cn1. The highest BCUT2D eigenvalue weighted by Gasteiger charge is 2.21. The first-order valence-electron chi connectivity index (χ1n) is 12.5. The Bertz CT molecular complexity index is 1350. The zero-order valence-electron chi connectivity index (χ0n) is 20.5. The van der Waals surface area contributed by atoms with Gasteiger partial charge in [0.25, 0.3) is 0 Å². The number of thiophene rings is 1. The second kappa shape index (κ2) is 10.9. The van der Waals surface area contributed by atoms with E-state index in [4.69, 9.17) is 25.2 Å². The molecule has 2 aliphatic heterocycles. The predicted octanol–water partition coefficient (Wildman–Crippen LogP) is 2.37. The molecule has 12 heteroatoms. The van der Waals surface area contributed by atoms with Gasteiger partial charge in [-0.15, -0.1) is 11.3 Å². The Balaban J connectivity index is 1.29. The fourth-order valence-electron chi connectivity index (χ4n) is 4.48. The lowest BCUT2D eigenvalue weighted by molar-refractivity contribution is 0.0398. The van der Waals surface area contributed by atoms with Crippen molar-refractivity contribution in [3.05, 3.63) is 36.8 Å². The summed E-state index contributed by atoms with van der Waals surface area (Å²) in [6.45, 7) is 8.29. The Morgan fingerprint density at radius 3 is 2.46 bits per heavy atom. The number of morpholine rings is 2. The van der Waals surface area contributed by atoms with E-state index in [0.29, 0.717) is 19.0 Å². The number of hydrogen-bond donors (Lipinski definition) is 2. The van der Waals surface area contributed by atoms with E-state index in [2.05, 4.69) is 42.2 Å². The number of aromatic nitrogens is 5. The maximum atomic E-state index is 5.69. The smallest absolute Gasteiger partial charge is 0.219 e. The number of ether oxygens (including phenoxy) is 2. The number of pyridine rings is 1. The zero-order valence-corrected chi connectivity index (χ0v) is 21.3. The molecular formula is C25H29N9O2S. The first-order chi connectivity index (χ1) is 18.2. The van der Waals surface area contributed by atoms with Crippen molar-refractivity contribution in [3.63, 3.8) is 0 Å². The van der Waals surface area contributed by atoms with Crippen LogP contribution in [-0.2, 0) is 9.47 Å². The molecule has 2 fully saturated rings. The zero-order chi connectivity index (χ0) is 25.0. The van der Waals surface area contributed by atoms with Crippen molar-refractivity contribution in [2.45, 2.75) is 0 Å². The molecular weight excluding hydrogens is 490 g/mol. The molecule has 0 amide bonds. The van der Waals surface area contributed by atoms with Gasteiger partial charge in [0.2, 0.25) is 5.95 Å². The number of hydrogen-bond acceptors (Lipinski definition) is 12. The van der Waals surface area contributed by atoms with Crippen molar-refractivity contribution in [3.8, 4) is 21.8 Å². The first kappa shape index (κ1) is 23.9. The molecule has 37 heavy (non-hydrogen) atoms. The molecule has 0 bridgehead atoms. The number of anilines is 3. The molecule has 0 atom stereocenters. The summed E-state index contributed by atoms with van der Waals surface area (Å²) in [6.07, 6.45) is 5.18. The van der Waals surface area contributed by atoms with E-state index in [1.807, 2.05) is 12.3 Å². The maximum Gasteiger partial charge on any atom is 0.219 e. The number of nitrogen functional groups attached to an aromatic ring is 1. The summed E-state index contributed by atoms with van der Waals surface area (Å²) in [6, 6.07) is 6.26. The van der Waals surface area contributed by atoms with Crippen molar-refractivity contribution in [2.75, 3.05) is 81.6 Å². The van der Waals surface area contributed by atoms with Crippen molar-refractivity contribution in [2.24, 2.45) is 0 Å². The van der Waals surface area contributed by atoms with Gasteiger partial charge in [0, 0.05) is 62.7 Å². The van der Waals surface area contributed by atoms with E-state index in [0.717, 1.165) is 90.3 Å². The van der Waals surface area contributed by atoms with Crippen LogP contribution in [0.3, 0.4) is 0 Å². The van der Waals surface area contributed by atoms with E-state index in [1.54, 1.807) is 23.7 Å². The van der Waals surface area contributed by atoms with Gasteiger partial charge < -0.3 is 25.4 Å². The van der Waals surface area contributed by atoms with E-state index in [-0.39, 0.29) is 5.95 Å². The fourth-order valence-corrected chi connectivity index (χ4v) is 5.59. The lowest BCUT2D eigenvalue weighted by Gasteiger charge is -2.28. The number of nitrogens with two attached hydrogens (primary N) is 1. The molecule has 6 heterocycles. The average molecular weight is 520 g/mol. The molecule has 0 unspecified atom stereocenters. The summed E-state index contributed by atoms with van der Waals surface area (Å²) in [5.74, 6) is 2.58. The molecule has 2 aliphatic rings. The van der Waals surface area contributed by atoms with Gasteiger partial charge in [-0.3, -0.25) is 4.90 Å². The molecule has 4 aromatic rings. The maximum absolute atomic E-state index is 5.69. The average Bonchev–Trinajstić information content (AvgIpc) is 3.39. The quantitative estimate of drug-likeness (QED) is 0.373. The highest BCUT2D eigenvalue weighted by Crippen LogP contribution is 2.39. The van der Waals surface area contributed by atoms with Crippen molar-refractivity contribution >= 4 is 39.1 Å². The van der Waals surface area contributed by atoms with Crippen LogP contribution < -0.4 is 16.0 Å². The van der Waals surface area contributed by atoms with Gasteiger partial charge in [-0.05, 0) is 23.8 Å². The van der Waals surface area contributed by atoms with E-state index in [1.165, 1.54) is 0 Å². The molecule has 0 saturated carbocycles.